The number of alkyl carbamates (subject to hydrolysis) is 1. The Morgan fingerprint density at radius 2 is 2.25 bits per heavy atom. The first-order chi connectivity index (χ1) is 9.35. The average Bonchev–Trinajstić information content (AvgIpc) is 2.34. The Morgan fingerprint density at radius 1 is 1.50 bits per heavy atom. The molecule has 0 fully saturated rings. The van der Waals surface area contributed by atoms with Crippen molar-refractivity contribution in [1.82, 2.24) is 5.32 Å². The van der Waals surface area contributed by atoms with Crippen LogP contribution in [0.3, 0.4) is 0 Å². The highest BCUT2D eigenvalue weighted by atomic mass is 79.9. The van der Waals surface area contributed by atoms with Crippen molar-refractivity contribution >= 4 is 22.0 Å². The van der Waals surface area contributed by atoms with E-state index in [0.717, 1.165) is 16.5 Å². The van der Waals surface area contributed by atoms with Gasteiger partial charge in [-0.05, 0) is 50.5 Å². The number of ether oxygens (including phenoxy) is 2. The van der Waals surface area contributed by atoms with Crippen molar-refractivity contribution < 1.29 is 14.3 Å². The summed E-state index contributed by atoms with van der Waals surface area (Å²) in [7, 11) is 0. The molecule has 5 heteroatoms. The summed E-state index contributed by atoms with van der Waals surface area (Å²) in [5.41, 5.74) is 1.91. The summed E-state index contributed by atoms with van der Waals surface area (Å²) in [6.45, 7) is 6.62. The number of carbonyl (C=O) groups excluding carboxylic acids is 1. The van der Waals surface area contributed by atoms with Gasteiger partial charge in [-0.2, -0.15) is 0 Å². The summed E-state index contributed by atoms with van der Waals surface area (Å²) in [5.74, 6) is 0. The minimum absolute atomic E-state index is 0.122. The number of hydrogen-bond acceptors (Lipinski definition) is 3. The summed E-state index contributed by atoms with van der Waals surface area (Å²) in [6.07, 6.45) is 0.373. The van der Waals surface area contributed by atoms with E-state index < -0.39 is 11.7 Å². The first-order valence-electron chi connectivity index (χ1n) is 6.72. The number of nitrogens with one attached hydrogen (secondary N) is 1. The van der Waals surface area contributed by atoms with Crippen LogP contribution >= 0.6 is 15.9 Å². The number of benzene rings is 1. The molecule has 110 valence electrons. The molecule has 0 spiro atoms. The summed E-state index contributed by atoms with van der Waals surface area (Å²) in [4.78, 5) is 11.7. The Kier molecular flexibility index (Phi) is 4.70. The van der Waals surface area contributed by atoms with Gasteiger partial charge in [0.05, 0.1) is 13.2 Å². The van der Waals surface area contributed by atoms with E-state index in [2.05, 4.69) is 33.4 Å². The van der Waals surface area contributed by atoms with Crippen molar-refractivity contribution in [2.75, 3.05) is 13.2 Å². The quantitative estimate of drug-likeness (QED) is 0.894. The van der Waals surface area contributed by atoms with Gasteiger partial charge in [-0.1, -0.05) is 22.0 Å². The average molecular weight is 342 g/mol. The Bertz CT molecular complexity index is 496. The molecule has 1 aromatic rings. The van der Waals surface area contributed by atoms with E-state index in [0.29, 0.717) is 13.2 Å². The third-order valence-electron chi connectivity index (χ3n) is 2.98. The maximum absolute atomic E-state index is 11.7. The molecule has 2 rings (SSSR count). The van der Waals surface area contributed by atoms with Crippen LogP contribution in [0.2, 0.25) is 0 Å². The zero-order valence-corrected chi connectivity index (χ0v) is 13.6. The van der Waals surface area contributed by atoms with Crippen molar-refractivity contribution in [2.45, 2.75) is 38.9 Å². The second-order valence-corrected chi connectivity index (χ2v) is 6.75. The summed E-state index contributed by atoms with van der Waals surface area (Å²) in [6, 6.07) is 6.18. The molecule has 1 aromatic carbocycles. The van der Waals surface area contributed by atoms with E-state index in [9.17, 15) is 4.79 Å². The van der Waals surface area contributed by atoms with Crippen LogP contribution in [0.5, 0.6) is 0 Å². The lowest BCUT2D eigenvalue weighted by Gasteiger charge is -2.27. The number of rotatable bonds is 2. The van der Waals surface area contributed by atoms with Crippen LogP contribution in [0.15, 0.2) is 22.7 Å². The van der Waals surface area contributed by atoms with Crippen molar-refractivity contribution in [2.24, 2.45) is 0 Å². The lowest BCUT2D eigenvalue weighted by atomic mass is 9.97. The molecular formula is C15H20BrNO3. The second-order valence-electron chi connectivity index (χ2n) is 5.84. The third kappa shape index (κ3) is 4.21. The van der Waals surface area contributed by atoms with E-state index >= 15 is 0 Å². The molecule has 1 heterocycles. The fraction of sp³-hybridized carbons (Fsp3) is 0.533. The molecule has 0 saturated heterocycles. The number of carbonyl (C=O) groups is 1. The largest absolute Gasteiger partial charge is 0.444 e. The fourth-order valence-corrected chi connectivity index (χ4v) is 2.53. The lowest BCUT2D eigenvalue weighted by molar-refractivity contribution is 0.0288. The minimum Gasteiger partial charge on any atom is -0.444 e. The van der Waals surface area contributed by atoms with Gasteiger partial charge >= 0.3 is 6.09 Å². The predicted molar refractivity (Wildman–Crippen MR) is 80.8 cm³/mol. The lowest BCUT2D eigenvalue weighted by Crippen LogP contribution is -2.36. The molecule has 1 amide bonds. The van der Waals surface area contributed by atoms with Crippen LogP contribution in [0, 0.1) is 0 Å². The number of halogens is 1. The van der Waals surface area contributed by atoms with E-state index in [4.69, 9.17) is 9.47 Å². The van der Waals surface area contributed by atoms with Gasteiger partial charge in [-0.25, -0.2) is 4.79 Å². The highest BCUT2D eigenvalue weighted by molar-refractivity contribution is 9.10. The number of hydrogen-bond donors (Lipinski definition) is 1. The van der Waals surface area contributed by atoms with Crippen LogP contribution in [0.25, 0.3) is 0 Å². The molecule has 1 N–H and O–H groups in total. The third-order valence-corrected chi connectivity index (χ3v) is 3.47. The molecule has 0 bridgehead atoms. The molecule has 1 atom stereocenters. The van der Waals surface area contributed by atoms with Gasteiger partial charge in [0.15, 0.2) is 0 Å². The van der Waals surface area contributed by atoms with Crippen molar-refractivity contribution in [3.63, 3.8) is 0 Å². The van der Waals surface area contributed by atoms with Crippen molar-refractivity contribution in [3.8, 4) is 0 Å². The van der Waals surface area contributed by atoms with Crippen LogP contribution < -0.4 is 5.32 Å². The highest BCUT2D eigenvalue weighted by Gasteiger charge is 2.23. The normalized spacial score (nSPS) is 18.3. The monoisotopic (exact) mass is 341 g/mol. The van der Waals surface area contributed by atoms with E-state index in [1.165, 1.54) is 5.56 Å². The molecule has 20 heavy (non-hydrogen) atoms. The molecule has 0 radical (unpaired) electrons. The van der Waals surface area contributed by atoms with Gasteiger partial charge in [0.25, 0.3) is 0 Å². The Hall–Kier alpha value is -1.07. The van der Waals surface area contributed by atoms with Crippen LogP contribution in [-0.4, -0.2) is 24.8 Å². The van der Waals surface area contributed by atoms with Gasteiger partial charge in [-0.15, -0.1) is 0 Å². The predicted octanol–water partition coefficient (Wildman–Crippen LogP) is 3.59. The first kappa shape index (κ1) is 15.3. The molecule has 1 aliphatic heterocycles. The SMILES string of the molecule is CC(C)(C)OC(=O)NCC1OCCc2ccc(Br)cc21. The molecule has 4 nitrogen and oxygen atoms in total. The topological polar surface area (TPSA) is 47.6 Å². The summed E-state index contributed by atoms with van der Waals surface area (Å²) in [5, 5.41) is 2.77. The van der Waals surface area contributed by atoms with E-state index in [1.807, 2.05) is 26.8 Å². The van der Waals surface area contributed by atoms with Crippen molar-refractivity contribution in [3.05, 3.63) is 33.8 Å². The van der Waals surface area contributed by atoms with Gasteiger partial charge < -0.3 is 14.8 Å². The molecule has 0 saturated carbocycles. The number of fused-ring (bicyclic) bond motifs is 1. The standard InChI is InChI=1S/C15H20BrNO3/c1-15(2,3)20-14(18)17-9-13-12-8-11(16)5-4-10(12)6-7-19-13/h4-5,8,13H,6-7,9H2,1-3H3,(H,17,18). The maximum atomic E-state index is 11.7. The van der Waals surface area contributed by atoms with E-state index in [-0.39, 0.29) is 6.10 Å². The zero-order valence-electron chi connectivity index (χ0n) is 12.0. The molecule has 1 aliphatic rings. The maximum Gasteiger partial charge on any atom is 0.407 e. The van der Waals surface area contributed by atoms with Crippen LogP contribution in [0.4, 0.5) is 4.79 Å². The Balaban J connectivity index is 1.98. The van der Waals surface area contributed by atoms with Crippen LogP contribution in [0.1, 0.15) is 38.0 Å². The van der Waals surface area contributed by atoms with Gasteiger partial charge in [-0.3, -0.25) is 0 Å². The smallest absolute Gasteiger partial charge is 0.407 e. The first-order valence-corrected chi connectivity index (χ1v) is 7.51. The highest BCUT2D eigenvalue weighted by Crippen LogP contribution is 2.29. The fourth-order valence-electron chi connectivity index (χ4n) is 2.15. The van der Waals surface area contributed by atoms with E-state index in [1.54, 1.807) is 0 Å². The zero-order chi connectivity index (χ0) is 14.8. The number of amides is 1. The van der Waals surface area contributed by atoms with Crippen LogP contribution in [-0.2, 0) is 15.9 Å². The van der Waals surface area contributed by atoms with Gasteiger partial charge in [0, 0.05) is 4.47 Å². The minimum atomic E-state index is -0.488. The Labute approximate surface area is 128 Å². The summed E-state index contributed by atoms with van der Waals surface area (Å²) < 4.78 is 12.0. The molecule has 0 aliphatic carbocycles. The molecule has 0 aromatic heterocycles. The second kappa shape index (κ2) is 6.14. The molecule has 1 unspecified atom stereocenters. The summed E-state index contributed by atoms with van der Waals surface area (Å²) >= 11 is 3.47. The van der Waals surface area contributed by atoms with Crippen molar-refractivity contribution in [1.29, 1.82) is 0 Å². The Morgan fingerprint density at radius 3 is 2.95 bits per heavy atom. The molecular weight excluding hydrogens is 322 g/mol. The van der Waals surface area contributed by atoms with Gasteiger partial charge in [0.2, 0.25) is 0 Å². The van der Waals surface area contributed by atoms with Gasteiger partial charge in [0.1, 0.15) is 11.7 Å².